The van der Waals surface area contributed by atoms with E-state index in [1.165, 1.54) is 6.08 Å². The number of nitrogens with zero attached hydrogens (tertiary/aromatic N) is 2. The van der Waals surface area contributed by atoms with Crippen molar-refractivity contribution in [1.82, 2.24) is 20.4 Å². The summed E-state index contributed by atoms with van der Waals surface area (Å²) < 4.78 is 14.3. The zero-order valence-corrected chi connectivity index (χ0v) is 21.7. The van der Waals surface area contributed by atoms with Crippen molar-refractivity contribution in [2.24, 2.45) is 0 Å². The van der Waals surface area contributed by atoms with Crippen LogP contribution >= 0.6 is 0 Å². The summed E-state index contributed by atoms with van der Waals surface area (Å²) in [7, 11) is -1.74. The highest BCUT2D eigenvalue weighted by atomic mass is 28.3. The van der Waals surface area contributed by atoms with Crippen LogP contribution in [0, 0.1) is 0 Å². The van der Waals surface area contributed by atoms with Crippen LogP contribution in [0.3, 0.4) is 0 Å². The number of allylic oxidation sites excluding steroid dienone is 3. The van der Waals surface area contributed by atoms with Crippen LogP contribution in [0.25, 0.3) is 0 Å². The van der Waals surface area contributed by atoms with Crippen LogP contribution in [-0.2, 0) is 16.9 Å². The fourth-order valence-corrected chi connectivity index (χ4v) is 8.08. The van der Waals surface area contributed by atoms with Gasteiger partial charge >= 0.3 is 6.03 Å². The Labute approximate surface area is 201 Å². The molecule has 1 unspecified atom stereocenters. The van der Waals surface area contributed by atoms with Gasteiger partial charge in [0.1, 0.15) is 5.83 Å². The molecule has 4 N–H and O–H groups in total. The number of nitrogens with one attached hydrogen (secondary N) is 3. The number of fused-ring (bicyclic) bond motifs is 1. The average molecular weight is 490 g/mol. The Hall–Kier alpha value is -2.46. The number of hydrogen-bond acceptors (Lipinski definition) is 4. The minimum Gasteiger partial charge on any atom is -0.394 e. The maximum atomic E-state index is 14.3. The summed E-state index contributed by atoms with van der Waals surface area (Å²) in [6.07, 6.45) is 7.13. The molecule has 1 saturated carbocycles. The van der Waals surface area contributed by atoms with Gasteiger partial charge in [-0.15, -0.1) is 0 Å². The molecule has 10 heteroatoms. The van der Waals surface area contributed by atoms with Gasteiger partial charge in [0.15, 0.2) is 5.82 Å². The quantitative estimate of drug-likeness (QED) is 0.446. The molecule has 2 aliphatic carbocycles. The lowest BCUT2D eigenvalue weighted by Crippen LogP contribution is -2.52. The number of carbonyl (C=O) groups excluding carboxylic acids is 2. The summed E-state index contributed by atoms with van der Waals surface area (Å²) in [4.78, 5) is 28.2. The summed E-state index contributed by atoms with van der Waals surface area (Å²) in [6, 6.07) is -1.20. The lowest BCUT2D eigenvalue weighted by Gasteiger charge is -2.48. The number of halogens is 1. The lowest BCUT2D eigenvalue weighted by atomic mass is 9.83. The third-order valence-electron chi connectivity index (χ3n) is 8.08. The average Bonchev–Trinajstić information content (AvgIpc) is 3.23. The van der Waals surface area contributed by atoms with Crippen LogP contribution < -0.4 is 10.6 Å². The second-order valence-corrected chi connectivity index (χ2v) is 16.7. The van der Waals surface area contributed by atoms with Crippen LogP contribution in [0.15, 0.2) is 23.6 Å². The molecule has 0 radical (unpaired) electrons. The van der Waals surface area contributed by atoms with Gasteiger partial charge in [0.2, 0.25) is 5.91 Å². The highest BCUT2D eigenvalue weighted by Gasteiger charge is 2.54. The van der Waals surface area contributed by atoms with Gasteiger partial charge in [-0.25, -0.2) is 9.18 Å². The largest absolute Gasteiger partial charge is 0.394 e. The molecule has 4 rings (SSSR count). The first-order valence-corrected chi connectivity index (χ1v) is 15.6. The van der Waals surface area contributed by atoms with Crippen LogP contribution in [-0.4, -0.2) is 52.9 Å². The van der Waals surface area contributed by atoms with Crippen molar-refractivity contribution in [2.75, 3.05) is 11.9 Å². The number of carbonyl (C=O) groups is 2. The second kappa shape index (κ2) is 8.64. The molecule has 34 heavy (non-hydrogen) atoms. The molecule has 0 bridgehead atoms. The molecule has 2 heterocycles. The number of hydrogen-bond donors (Lipinski definition) is 4. The summed E-state index contributed by atoms with van der Waals surface area (Å²) in [5.74, 6) is 0.0943. The van der Waals surface area contributed by atoms with E-state index < -0.39 is 31.5 Å². The SMILES string of the molecule is CC1(C)c2[nH]nc(NC(=O)C3([Si](C)(C)C)CCC3)c2CN1C(=O)NC(CO)C1=C(F)C=CCC1. The first kappa shape index (κ1) is 24.7. The summed E-state index contributed by atoms with van der Waals surface area (Å²) >= 11 is 0. The minimum atomic E-state index is -1.74. The van der Waals surface area contributed by atoms with E-state index >= 15 is 0 Å². The topological polar surface area (TPSA) is 110 Å². The van der Waals surface area contributed by atoms with Gasteiger partial charge in [0, 0.05) is 10.6 Å². The molecule has 0 spiro atoms. The Morgan fingerprint density at radius 1 is 1.32 bits per heavy atom. The van der Waals surface area contributed by atoms with E-state index in [-0.39, 0.29) is 24.1 Å². The first-order chi connectivity index (χ1) is 15.9. The lowest BCUT2D eigenvalue weighted by molar-refractivity contribution is -0.121. The molecule has 186 valence electrons. The van der Waals surface area contributed by atoms with Gasteiger partial charge < -0.3 is 20.6 Å². The van der Waals surface area contributed by atoms with Crippen LogP contribution in [0.5, 0.6) is 0 Å². The molecule has 1 aromatic heterocycles. The Bertz CT molecular complexity index is 1050. The number of aliphatic hydroxyl groups excluding tert-OH is 1. The maximum Gasteiger partial charge on any atom is 0.319 e. The summed E-state index contributed by atoms with van der Waals surface area (Å²) in [5.41, 5.74) is 1.23. The molecule has 1 aromatic rings. The highest BCUT2D eigenvalue weighted by Crippen LogP contribution is 2.56. The minimum absolute atomic E-state index is 0.0287. The van der Waals surface area contributed by atoms with Crippen molar-refractivity contribution in [3.63, 3.8) is 0 Å². The Kier molecular flexibility index (Phi) is 6.26. The predicted molar refractivity (Wildman–Crippen MR) is 132 cm³/mol. The smallest absolute Gasteiger partial charge is 0.319 e. The Morgan fingerprint density at radius 2 is 2.03 bits per heavy atom. The second-order valence-electron chi connectivity index (χ2n) is 11.2. The summed E-state index contributed by atoms with van der Waals surface area (Å²) in [6.45, 7) is 10.3. The highest BCUT2D eigenvalue weighted by molar-refractivity contribution is 6.83. The zero-order chi connectivity index (χ0) is 24.9. The molecule has 8 nitrogen and oxygen atoms in total. The van der Waals surface area contributed by atoms with Gasteiger partial charge in [0.05, 0.1) is 38.5 Å². The Morgan fingerprint density at radius 3 is 2.59 bits per heavy atom. The van der Waals surface area contributed by atoms with E-state index in [1.807, 2.05) is 13.8 Å². The molecule has 3 aliphatic rings. The zero-order valence-electron chi connectivity index (χ0n) is 20.7. The number of aromatic nitrogens is 2. The van der Waals surface area contributed by atoms with E-state index in [2.05, 4.69) is 40.5 Å². The van der Waals surface area contributed by atoms with Crippen LogP contribution in [0.1, 0.15) is 57.2 Å². The third-order valence-corrected chi connectivity index (χ3v) is 11.7. The first-order valence-electron chi connectivity index (χ1n) is 12.1. The number of aromatic amines is 1. The van der Waals surface area contributed by atoms with Crippen LogP contribution in [0.2, 0.25) is 24.7 Å². The van der Waals surface area contributed by atoms with E-state index in [1.54, 1.807) is 11.0 Å². The number of anilines is 1. The van der Waals surface area contributed by atoms with Gasteiger partial charge in [-0.05, 0) is 51.2 Å². The van der Waals surface area contributed by atoms with E-state index in [0.29, 0.717) is 24.2 Å². The summed E-state index contributed by atoms with van der Waals surface area (Å²) in [5, 5.41) is 22.8. The van der Waals surface area contributed by atoms with Gasteiger partial charge in [-0.1, -0.05) is 32.1 Å². The number of H-pyrrole nitrogens is 1. The predicted octanol–water partition coefficient (Wildman–Crippen LogP) is 4.31. The van der Waals surface area contributed by atoms with Crippen molar-refractivity contribution in [2.45, 2.75) is 88.8 Å². The van der Waals surface area contributed by atoms with Crippen LogP contribution in [0.4, 0.5) is 15.0 Å². The molecule has 1 aliphatic heterocycles. The fraction of sp³-hybridized carbons (Fsp3) is 0.625. The molecule has 1 atom stereocenters. The molecule has 0 saturated heterocycles. The number of urea groups is 1. The van der Waals surface area contributed by atoms with Gasteiger partial charge in [0.25, 0.3) is 0 Å². The molecule has 1 fully saturated rings. The fourth-order valence-electron chi connectivity index (χ4n) is 5.48. The van der Waals surface area contributed by atoms with Crippen molar-refractivity contribution in [1.29, 1.82) is 0 Å². The van der Waals surface area contributed by atoms with Gasteiger partial charge in [-0.2, -0.15) is 5.10 Å². The molecular weight excluding hydrogens is 453 g/mol. The third kappa shape index (κ3) is 3.90. The number of amides is 3. The van der Waals surface area contributed by atoms with E-state index in [4.69, 9.17) is 0 Å². The normalized spacial score (nSPS) is 21.7. The van der Waals surface area contributed by atoms with Crippen molar-refractivity contribution in [3.8, 4) is 0 Å². The monoisotopic (exact) mass is 489 g/mol. The Balaban J connectivity index is 1.52. The van der Waals surface area contributed by atoms with Crippen molar-refractivity contribution >= 4 is 25.8 Å². The number of rotatable bonds is 6. The van der Waals surface area contributed by atoms with Crippen molar-refractivity contribution in [3.05, 3.63) is 34.8 Å². The molecular formula is C24H36FN5O3Si. The van der Waals surface area contributed by atoms with E-state index in [9.17, 15) is 19.1 Å². The molecule has 0 aromatic carbocycles. The van der Waals surface area contributed by atoms with Gasteiger partial charge in [-0.3, -0.25) is 9.89 Å². The molecule has 3 amide bonds. The van der Waals surface area contributed by atoms with E-state index in [0.717, 1.165) is 30.5 Å². The standard InChI is InChI=1S/C24H36FN5O3Si/c1-23(2)19-16(20(29-28-19)27-21(32)24(11-8-12-24)34(3,4)5)13-30(23)22(33)26-18(14-31)15-9-6-7-10-17(15)25/h7,10,18,31H,6,8-9,11-14H2,1-5H3,(H,26,33)(H2,27,28,29,32). The number of aliphatic hydroxyl groups is 1. The maximum absolute atomic E-state index is 14.3. The van der Waals surface area contributed by atoms with Crippen molar-refractivity contribution < 1.29 is 19.1 Å².